The average molecular weight is 277 g/mol. The number of nitrogens with zero attached hydrogens (tertiary/aromatic N) is 1. The number of carbonyl (C=O) groups is 1. The third kappa shape index (κ3) is 4.26. The molecule has 0 aliphatic carbocycles. The van der Waals surface area contributed by atoms with Gasteiger partial charge in [-0.1, -0.05) is 18.2 Å². The van der Waals surface area contributed by atoms with Gasteiger partial charge < -0.3 is 0 Å². The van der Waals surface area contributed by atoms with E-state index in [1.54, 1.807) is 23.5 Å². The molecule has 0 saturated carbocycles. The Morgan fingerprint density at radius 1 is 1.32 bits per heavy atom. The van der Waals surface area contributed by atoms with Crippen LogP contribution in [0, 0.1) is 5.82 Å². The Labute approximate surface area is 116 Å². The number of hydrogen-bond acceptors (Lipinski definition) is 3. The van der Waals surface area contributed by atoms with E-state index in [0.29, 0.717) is 12.1 Å². The molecule has 0 fully saturated rings. The molecule has 0 atom stereocenters. The summed E-state index contributed by atoms with van der Waals surface area (Å²) in [5, 5.41) is 2.05. The Hall–Kier alpha value is -1.52. The van der Waals surface area contributed by atoms with Gasteiger partial charge in [0.15, 0.2) is 5.78 Å². The smallest absolute Gasteiger partial charge is 0.176 e. The summed E-state index contributed by atoms with van der Waals surface area (Å²) in [5.74, 6) is -0.416. The van der Waals surface area contributed by atoms with Crippen LogP contribution < -0.4 is 0 Å². The zero-order chi connectivity index (χ0) is 13.7. The van der Waals surface area contributed by atoms with Crippen LogP contribution in [0.3, 0.4) is 0 Å². The molecular weight excluding hydrogens is 261 g/mol. The molecule has 2 rings (SSSR count). The molecule has 100 valence electrons. The number of benzene rings is 1. The van der Waals surface area contributed by atoms with Crippen LogP contribution in [0.5, 0.6) is 0 Å². The van der Waals surface area contributed by atoms with E-state index in [9.17, 15) is 9.18 Å². The van der Waals surface area contributed by atoms with E-state index in [1.165, 1.54) is 17.0 Å². The van der Waals surface area contributed by atoms with E-state index in [1.807, 2.05) is 23.4 Å². The topological polar surface area (TPSA) is 20.3 Å². The minimum Gasteiger partial charge on any atom is -0.299 e. The van der Waals surface area contributed by atoms with E-state index in [4.69, 9.17) is 0 Å². The zero-order valence-corrected chi connectivity index (χ0v) is 11.6. The summed E-state index contributed by atoms with van der Waals surface area (Å²) >= 11 is 1.72. The predicted octanol–water partition coefficient (Wildman–Crippen LogP) is 3.24. The fourth-order valence-electron chi connectivity index (χ4n) is 1.83. The van der Waals surface area contributed by atoms with Crippen molar-refractivity contribution in [2.75, 3.05) is 20.1 Å². The molecule has 2 nitrogen and oxygen atoms in total. The first-order valence-corrected chi connectivity index (χ1v) is 7.03. The summed E-state index contributed by atoms with van der Waals surface area (Å²) in [5.41, 5.74) is 0.433. The van der Waals surface area contributed by atoms with E-state index in [-0.39, 0.29) is 11.6 Å². The van der Waals surface area contributed by atoms with Gasteiger partial charge in [-0.3, -0.25) is 9.69 Å². The Morgan fingerprint density at radius 2 is 2.16 bits per heavy atom. The first-order chi connectivity index (χ1) is 9.15. The third-order valence-electron chi connectivity index (χ3n) is 2.88. The molecule has 0 aliphatic rings. The molecule has 0 spiro atoms. The molecule has 0 N–H and O–H groups in total. The second kappa shape index (κ2) is 6.59. The van der Waals surface area contributed by atoms with Gasteiger partial charge in [-0.25, -0.2) is 4.39 Å². The van der Waals surface area contributed by atoms with Crippen LogP contribution in [0.25, 0.3) is 0 Å². The molecule has 1 aromatic carbocycles. The van der Waals surface area contributed by atoms with E-state index in [2.05, 4.69) is 6.07 Å². The maximum atomic E-state index is 13.0. The molecule has 1 aromatic heterocycles. The van der Waals surface area contributed by atoms with E-state index in [0.717, 1.165) is 13.0 Å². The third-order valence-corrected chi connectivity index (χ3v) is 3.82. The van der Waals surface area contributed by atoms with Crippen LogP contribution in [-0.4, -0.2) is 30.8 Å². The van der Waals surface area contributed by atoms with Crippen molar-refractivity contribution in [2.45, 2.75) is 6.42 Å². The summed E-state index contributed by atoms with van der Waals surface area (Å²) in [4.78, 5) is 15.2. The van der Waals surface area contributed by atoms with Gasteiger partial charge in [0.25, 0.3) is 0 Å². The van der Waals surface area contributed by atoms with Crippen molar-refractivity contribution >= 4 is 17.1 Å². The molecular formula is C15H16FNOS. The summed E-state index contributed by atoms with van der Waals surface area (Å²) in [6.45, 7) is 1.14. The largest absolute Gasteiger partial charge is 0.299 e. The summed E-state index contributed by atoms with van der Waals surface area (Å²) in [6.07, 6.45) is 0.935. The lowest BCUT2D eigenvalue weighted by molar-refractivity contribution is 0.0946. The highest BCUT2D eigenvalue weighted by Gasteiger charge is 2.10. The van der Waals surface area contributed by atoms with Crippen molar-refractivity contribution in [3.05, 3.63) is 58.0 Å². The number of Topliss-reactive ketones (excluding diaryl/α,β-unsaturated/α-hetero) is 1. The number of ketones is 1. The zero-order valence-electron chi connectivity index (χ0n) is 10.8. The van der Waals surface area contributed by atoms with Crippen LogP contribution >= 0.6 is 11.3 Å². The van der Waals surface area contributed by atoms with Gasteiger partial charge >= 0.3 is 0 Å². The van der Waals surface area contributed by atoms with Gasteiger partial charge in [-0.2, -0.15) is 0 Å². The second-order valence-electron chi connectivity index (χ2n) is 4.50. The van der Waals surface area contributed by atoms with E-state index < -0.39 is 0 Å². The first-order valence-electron chi connectivity index (χ1n) is 6.15. The van der Waals surface area contributed by atoms with Crippen molar-refractivity contribution in [2.24, 2.45) is 0 Å². The Kier molecular flexibility index (Phi) is 4.82. The van der Waals surface area contributed by atoms with Crippen molar-refractivity contribution in [3.63, 3.8) is 0 Å². The molecule has 2 aromatic rings. The minimum atomic E-state index is -0.368. The van der Waals surface area contributed by atoms with Gasteiger partial charge in [-0.05, 0) is 37.0 Å². The van der Waals surface area contributed by atoms with Crippen molar-refractivity contribution in [1.82, 2.24) is 4.90 Å². The number of carbonyl (C=O) groups excluding carboxylic acids is 1. The Balaban J connectivity index is 1.84. The summed E-state index contributed by atoms with van der Waals surface area (Å²) in [6, 6.07) is 9.96. The lowest BCUT2D eigenvalue weighted by atomic mass is 10.1. The average Bonchev–Trinajstić information content (AvgIpc) is 2.89. The van der Waals surface area contributed by atoms with Crippen molar-refractivity contribution in [1.29, 1.82) is 0 Å². The van der Waals surface area contributed by atoms with Crippen LogP contribution in [0.1, 0.15) is 15.2 Å². The lowest BCUT2D eigenvalue weighted by Crippen LogP contribution is -2.27. The molecule has 0 aliphatic heterocycles. The minimum absolute atomic E-state index is 0.0480. The van der Waals surface area contributed by atoms with Crippen molar-refractivity contribution in [3.8, 4) is 0 Å². The first kappa shape index (κ1) is 13.9. The van der Waals surface area contributed by atoms with Gasteiger partial charge in [-0.15, -0.1) is 11.3 Å². The molecule has 0 bridgehead atoms. The highest BCUT2D eigenvalue weighted by Crippen LogP contribution is 2.10. The van der Waals surface area contributed by atoms with E-state index >= 15 is 0 Å². The summed E-state index contributed by atoms with van der Waals surface area (Å²) < 4.78 is 13.0. The van der Waals surface area contributed by atoms with Crippen LogP contribution in [0.4, 0.5) is 4.39 Å². The van der Waals surface area contributed by atoms with Crippen LogP contribution in [0.15, 0.2) is 41.8 Å². The normalized spacial score (nSPS) is 10.9. The fraction of sp³-hybridized carbons (Fsp3) is 0.267. The Bertz CT molecular complexity index is 539. The van der Waals surface area contributed by atoms with Gasteiger partial charge in [0, 0.05) is 17.0 Å². The number of rotatable bonds is 6. The van der Waals surface area contributed by atoms with Crippen molar-refractivity contribution < 1.29 is 9.18 Å². The number of halogens is 1. The molecule has 0 unspecified atom stereocenters. The maximum Gasteiger partial charge on any atom is 0.176 e. The molecule has 0 radical (unpaired) electrons. The standard InChI is InChI=1S/C15H16FNOS/c1-17(8-7-14-6-3-9-19-14)11-15(18)12-4-2-5-13(16)10-12/h2-6,9-10H,7-8,11H2,1H3. The van der Waals surface area contributed by atoms with Gasteiger partial charge in [0.2, 0.25) is 0 Å². The van der Waals surface area contributed by atoms with Gasteiger partial charge in [0.05, 0.1) is 6.54 Å². The fourth-order valence-corrected chi connectivity index (χ4v) is 2.53. The molecule has 0 amide bonds. The quantitative estimate of drug-likeness (QED) is 0.755. The molecule has 0 saturated heterocycles. The summed E-state index contributed by atoms with van der Waals surface area (Å²) in [7, 11) is 1.91. The molecule has 4 heteroatoms. The van der Waals surface area contributed by atoms with Crippen LogP contribution in [-0.2, 0) is 6.42 Å². The highest BCUT2D eigenvalue weighted by molar-refractivity contribution is 7.09. The second-order valence-corrected chi connectivity index (χ2v) is 5.53. The number of thiophene rings is 1. The lowest BCUT2D eigenvalue weighted by Gasteiger charge is -2.15. The number of likely N-dealkylation sites (N-methyl/N-ethyl adjacent to an activating group) is 1. The molecule has 1 heterocycles. The van der Waals surface area contributed by atoms with Crippen LogP contribution in [0.2, 0.25) is 0 Å². The predicted molar refractivity (Wildman–Crippen MR) is 76.3 cm³/mol. The van der Waals surface area contributed by atoms with Gasteiger partial charge in [0.1, 0.15) is 5.82 Å². The highest BCUT2D eigenvalue weighted by atomic mass is 32.1. The monoisotopic (exact) mass is 277 g/mol. The Morgan fingerprint density at radius 3 is 2.84 bits per heavy atom. The maximum absolute atomic E-state index is 13.0. The number of hydrogen-bond donors (Lipinski definition) is 0. The molecule has 19 heavy (non-hydrogen) atoms. The SMILES string of the molecule is CN(CCc1cccs1)CC(=O)c1cccc(F)c1.